The number of benzene rings is 2. The molecule has 4 heterocycles. The lowest BCUT2D eigenvalue weighted by molar-refractivity contribution is -0.130. The zero-order valence-corrected chi connectivity index (χ0v) is 21.5. The number of halogens is 2. The van der Waals surface area contributed by atoms with Gasteiger partial charge in [0.1, 0.15) is 11.4 Å². The second-order valence-corrected chi connectivity index (χ2v) is 10.7. The van der Waals surface area contributed by atoms with Crippen LogP contribution in [0.5, 0.6) is 5.75 Å². The Balaban J connectivity index is 1.59. The molecule has 0 saturated heterocycles. The lowest BCUT2D eigenvalue weighted by Gasteiger charge is -2.38. The molecule has 0 radical (unpaired) electrons. The van der Waals surface area contributed by atoms with E-state index in [1.54, 1.807) is 24.3 Å². The van der Waals surface area contributed by atoms with Crippen molar-refractivity contribution in [3.63, 3.8) is 0 Å². The summed E-state index contributed by atoms with van der Waals surface area (Å²) >= 11 is 0. The normalized spacial score (nSPS) is 25.7. The number of hydrogen-bond acceptors (Lipinski definition) is 5. The maximum absolute atomic E-state index is 13.7. The van der Waals surface area contributed by atoms with Crippen LogP contribution in [0.15, 0.2) is 53.5 Å². The second kappa shape index (κ2) is 10.2. The van der Waals surface area contributed by atoms with Crippen molar-refractivity contribution >= 4 is 23.8 Å². The third-order valence-electron chi connectivity index (χ3n) is 7.26. The van der Waals surface area contributed by atoms with Gasteiger partial charge < -0.3 is 15.8 Å². The summed E-state index contributed by atoms with van der Waals surface area (Å²) in [5.41, 5.74) is 8.26. The maximum Gasteiger partial charge on any atom is 0.251 e. The summed E-state index contributed by atoms with van der Waals surface area (Å²) in [7, 11) is 0. The number of ether oxygens (including phenoxy) is 1. The standard InChI is InChI=1S/C29H32F2N4O3/c1-29(2)16-22-21-12-17(10-11-24(21)38-29)6-3-4-9-20-14-26(36)35(28(32)33-20)23(15-25(30)31)18-7-5-8-19(13-18)27(37)34-22/h3,5-8,10-13,20,22-23,25H,4,9,14-16H2,1-2H3,(H2,32,33)(H,34,37)/b6-3+. The summed E-state index contributed by atoms with van der Waals surface area (Å²) in [5, 5.41) is 3.12. The third kappa shape index (κ3) is 5.42. The van der Waals surface area contributed by atoms with E-state index in [1.807, 2.05) is 44.2 Å². The van der Waals surface area contributed by atoms with Crippen LogP contribution in [0.4, 0.5) is 8.78 Å². The minimum atomic E-state index is -2.69. The van der Waals surface area contributed by atoms with Gasteiger partial charge >= 0.3 is 0 Å². The predicted octanol–water partition coefficient (Wildman–Crippen LogP) is 5.14. The van der Waals surface area contributed by atoms with Crippen molar-refractivity contribution in [1.82, 2.24) is 10.2 Å². The topological polar surface area (TPSA) is 97.0 Å². The number of nitrogens with zero attached hydrogens (tertiary/aromatic N) is 2. The highest BCUT2D eigenvalue weighted by molar-refractivity contribution is 5.99. The van der Waals surface area contributed by atoms with Crippen molar-refractivity contribution in [2.45, 2.75) is 76.1 Å². The molecule has 4 aliphatic rings. The number of allylic oxidation sites excluding steroid dienone is 1. The van der Waals surface area contributed by atoms with Crippen LogP contribution < -0.4 is 15.8 Å². The lowest BCUT2D eigenvalue weighted by Crippen LogP contribution is -2.49. The van der Waals surface area contributed by atoms with Crippen molar-refractivity contribution in [1.29, 1.82) is 0 Å². The van der Waals surface area contributed by atoms with E-state index in [9.17, 15) is 18.4 Å². The first kappa shape index (κ1) is 25.9. The van der Waals surface area contributed by atoms with Crippen molar-refractivity contribution in [3.05, 3.63) is 70.8 Å². The Bertz CT molecular complexity index is 1310. The van der Waals surface area contributed by atoms with Crippen molar-refractivity contribution in [2.75, 3.05) is 0 Å². The highest BCUT2D eigenvalue weighted by Crippen LogP contribution is 2.40. The van der Waals surface area contributed by atoms with E-state index in [1.165, 1.54) is 0 Å². The number of nitrogens with two attached hydrogens (primary N) is 1. The molecule has 38 heavy (non-hydrogen) atoms. The molecule has 3 N–H and O–H groups in total. The summed E-state index contributed by atoms with van der Waals surface area (Å²) in [6, 6.07) is 10.7. The van der Waals surface area contributed by atoms with Gasteiger partial charge in [-0.25, -0.2) is 13.8 Å². The fraction of sp³-hybridized carbons (Fsp3) is 0.414. The molecular formula is C29H32F2N4O3. The fourth-order valence-corrected chi connectivity index (χ4v) is 5.52. The van der Waals surface area contributed by atoms with Gasteiger partial charge in [0, 0.05) is 30.4 Å². The Morgan fingerprint density at radius 2 is 2.03 bits per heavy atom. The van der Waals surface area contributed by atoms with Crippen LogP contribution in [0, 0.1) is 0 Å². The van der Waals surface area contributed by atoms with Gasteiger partial charge in [0.25, 0.3) is 5.91 Å². The van der Waals surface area contributed by atoms with Crippen LogP contribution in [-0.2, 0) is 4.79 Å². The zero-order chi connectivity index (χ0) is 27.0. The quantitative estimate of drug-likeness (QED) is 0.571. The maximum atomic E-state index is 13.7. The summed E-state index contributed by atoms with van der Waals surface area (Å²) < 4.78 is 33.6. The Morgan fingerprint density at radius 3 is 2.79 bits per heavy atom. The molecule has 0 saturated carbocycles. The molecular weight excluding hydrogens is 490 g/mol. The molecule has 0 spiro atoms. The molecule has 3 unspecified atom stereocenters. The van der Waals surface area contributed by atoms with Gasteiger partial charge in [0.05, 0.1) is 18.1 Å². The molecule has 6 rings (SSSR count). The number of carbonyl (C=O) groups excluding carboxylic acids is 2. The van der Waals surface area contributed by atoms with Gasteiger partial charge in [-0.3, -0.25) is 14.5 Å². The van der Waals surface area contributed by atoms with E-state index in [-0.39, 0.29) is 36.3 Å². The lowest BCUT2D eigenvalue weighted by atomic mass is 9.88. The van der Waals surface area contributed by atoms with Crippen LogP contribution in [0.25, 0.3) is 6.08 Å². The zero-order valence-electron chi connectivity index (χ0n) is 21.5. The Kier molecular flexibility index (Phi) is 6.94. The number of hydrogen-bond donors (Lipinski definition) is 2. The molecule has 2 aromatic carbocycles. The first-order valence-electron chi connectivity index (χ1n) is 12.9. The SMILES string of the molecule is CC1(C)CC2NC(=O)c3cccc(c3)C(CC(F)F)N3C(=O)CC(CC/C=C/c4ccc(c2c4)O1)N=C3N. The van der Waals surface area contributed by atoms with Crippen LogP contribution in [0.3, 0.4) is 0 Å². The largest absolute Gasteiger partial charge is 0.487 e. The molecule has 3 atom stereocenters. The van der Waals surface area contributed by atoms with E-state index in [2.05, 4.69) is 10.3 Å². The van der Waals surface area contributed by atoms with Gasteiger partial charge in [-0.15, -0.1) is 0 Å². The monoisotopic (exact) mass is 522 g/mol. The molecule has 0 aliphatic carbocycles. The number of guanidine groups is 1. The highest BCUT2D eigenvalue weighted by atomic mass is 19.3. The fourth-order valence-electron chi connectivity index (χ4n) is 5.52. The van der Waals surface area contributed by atoms with Crippen LogP contribution in [0.1, 0.15) is 85.1 Å². The molecule has 6 bridgehead atoms. The Hall–Kier alpha value is -3.75. The minimum Gasteiger partial charge on any atom is -0.487 e. The van der Waals surface area contributed by atoms with Crippen LogP contribution >= 0.6 is 0 Å². The van der Waals surface area contributed by atoms with E-state index < -0.39 is 24.5 Å². The minimum absolute atomic E-state index is 0.0680. The Labute approximate surface area is 220 Å². The number of fused-ring (bicyclic) bond motifs is 4. The van der Waals surface area contributed by atoms with Gasteiger partial charge in [-0.2, -0.15) is 0 Å². The summed E-state index contributed by atoms with van der Waals surface area (Å²) in [6.07, 6.45) is 2.61. The summed E-state index contributed by atoms with van der Waals surface area (Å²) in [4.78, 5) is 32.2. The molecule has 2 amide bonds. The number of rotatable bonds is 2. The van der Waals surface area contributed by atoms with E-state index in [4.69, 9.17) is 10.5 Å². The Morgan fingerprint density at radius 1 is 1.21 bits per heavy atom. The molecule has 4 aliphatic heterocycles. The summed E-state index contributed by atoms with van der Waals surface area (Å²) in [6.45, 7) is 3.95. The average molecular weight is 523 g/mol. The third-order valence-corrected chi connectivity index (χ3v) is 7.26. The summed E-state index contributed by atoms with van der Waals surface area (Å²) in [5.74, 6) is -0.0402. The van der Waals surface area contributed by atoms with Crippen molar-refractivity contribution in [3.8, 4) is 5.75 Å². The predicted molar refractivity (Wildman–Crippen MR) is 141 cm³/mol. The smallest absolute Gasteiger partial charge is 0.251 e. The second-order valence-electron chi connectivity index (χ2n) is 10.7. The number of amides is 2. The van der Waals surface area contributed by atoms with E-state index >= 15 is 0 Å². The average Bonchev–Trinajstić information content (AvgIpc) is 2.84. The van der Waals surface area contributed by atoms with Gasteiger partial charge in [-0.05, 0) is 62.1 Å². The van der Waals surface area contributed by atoms with E-state index in [0.29, 0.717) is 30.4 Å². The molecule has 0 fully saturated rings. The molecule has 7 nitrogen and oxygen atoms in total. The van der Waals surface area contributed by atoms with Crippen LogP contribution in [0.2, 0.25) is 0 Å². The number of aliphatic imine (C=N–C) groups is 1. The number of nitrogens with one attached hydrogen (secondary N) is 1. The van der Waals surface area contributed by atoms with Crippen molar-refractivity contribution < 1.29 is 23.1 Å². The number of alkyl halides is 2. The van der Waals surface area contributed by atoms with Crippen molar-refractivity contribution in [2.24, 2.45) is 10.7 Å². The van der Waals surface area contributed by atoms with Gasteiger partial charge in [-0.1, -0.05) is 30.4 Å². The van der Waals surface area contributed by atoms with Gasteiger partial charge in [0.15, 0.2) is 5.96 Å². The molecule has 2 aromatic rings. The molecule has 9 heteroatoms. The van der Waals surface area contributed by atoms with Gasteiger partial charge in [0.2, 0.25) is 12.3 Å². The number of carbonyl (C=O) groups is 2. The first-order chi connectivity index (χ1) is 18.1. The van der Waals surface area contributed by atoms with E-state index in [0.717, 1.165) is 21.8 Å². The first-order valence-corrected chi connectivity index (χ1v) is 12.9. The molecule has 200 valence electrons. The van der Waals surface area contributed by atoms with Crippen LogP contribution in [-0.4, -0.2) is 40.7 Å². The molecule has 0 aromatic heterocycles. The highest BCUT2D eigenvalue weighted by Gasteiger charge is 2.37.